The Kier molecular flexibility index (Phi) is 3.30. The smallest absolute Gasteiger partial charge is 0.261 e. The number of nitrogens with two attached hydrogens (primary N) is 1. The molecule has 0 amide bonds. The molecule has 0 fully saturated rings. The quantitative estimate of drug-likeness (QED) is 0.835. The molecule has 0 unspecified atom stereocenters. The summed E-state index contributed by atoms with van der Waals surface area (Å²) in [6, 6.07) is 7.51. The van der Waals surface area contributed by atoms with E-state index in [9.17, 15) is 0 Å². The van der Waals surface area contributed by atoms with Crippen molar-refractivity contribution in [3.63, 3.8) is 0 Å². The van der Waals surface area contributed by atoms with Crippen molar-refractivity contribution in [2.45, 2.75) is 6.42 Å². The van der Waals surface area contributed by atoms with Crippen molar-refractivity contribution in [3.05, 3.63) is 36.0 Å². The number of rotatable bonds is 4. The minimum absolute atomic E-state index is 0.0814. The normalized spacial score (nSPS) is 10.5. The molecule has 1 aromatic heterocycles. The van der Waals surface area contributed by atoms with Gasteiger partial charge < -0.3 is 15.6 Å². The summed E-state index contributed by atoms with van der Waals surface area (Å²) in [4.78, 5) is 0. The van der Waals surface area contributed by atoms with E-state index in [2.05, 4.69) is 5.10 Å². The van der Waals surface area contributed by atoms with E-state index in [4.69, 9.17) is 15.6 Å². The number of para-hydroxylation sites is 1. The molecule has 0 atom stereocenters. The Morgan fingerprint density at radius 3 is 2.82 bits per heavy atom. The van der Waals surface area contributed by atoms with Gasteiger partial charge in [-0.3, -0.25) is 4.68 Å². The van der Waals surface area contributed by atoms with Gasteiger partial charge in [0.25, 0.3) is 5.88 Å². The number of nitrogens with zero attached hydrogens (tertiary/aromatic N) is 2. The Morgan fingerprint density at radius 2 is 2.18 bits per heavy atom. The Balaban J connectivity index is 2.26. The monoisotopic (exact) mass is 233 g/mol. The van der Waals surface area contributed by atoms with E-state index in [1.807, 2.05) is 24.3 Å². The van der Waals surface area contributed by atoms with Crippen LogP contribution in [-0.4, -0.2) is 21.5 Å². The lowest BCUT2D eigenvalue weighted by molar-refractivity contribution is 0.297. The van der Waals surface area contributed by atoms with Gasteiger partial charge in [0.1, 0.15) is 11.4 Å². The highest BCUT2D eigenvalue weighted by molar-refractivity contribution is 5.49. The Bertz CT molecular complexity index is 508. The third kappa shape index (κ3) is 2.57. The van der Waals surface area contributed by atoms with Crippen LogP contribution >= 0.6 is 0 Å². The van der Waals surface area contributed by atoms with Crippen LogP contribution in [0.25, 0.3) is 0 Å². The van der Waals surface area contributed by atoms with Gasteiger partial charge in [0.2, 0.25) is 0 Å². The van der Waals surface area contributed by atoms with Crippen molar-refractivity contribution in [1.82, 2.24) is 9.78 Å². The van der Waals surface area contributed by atoms with Crippen molar-refractivity contribution in [1.29, 1.82) is 0 Å². The van der Waals surface area contributed by atoms with Crippen LogP contribution in [0.3, 0.4) is 0 Å². The van der Waals surface area contributed by atoms with E-state index in [1.165, 1.54) is 0 Å². The zero-order chi connectivity index (χ0) is 12.3. The van der Waals surface area contributed by atoms with Crippen LogP contribution in [0.5, 0.6) is 11.6 Å². The number of ether oxygens (including phenoxy) is 1. The van der Waals surface area contributed by atoms with Crippen LogP contribution in [0.1, 0.15) is 5.56 Å². The predicted octanol–water partition coefficient (Wildman–Crippen LogP) is 1.33. The number of hydrogen-bond acceptors (Lipinski definition) is 4. The third-order valence-corrected chi connectivity index (χ3v) is 2.38. The average molecular weight is 233 g/mol. The molecule has 0 saturated heterocycles. The van der Waals surface area contributed by atoms with Gasteiger partial charge in [0.15, 0.2) is 0 Å². The molecule has 0 spiro atoms. The summed E-state index contributed by atoms with van der Waals surface area (Å²) in [5.74, 6) is 1.06. The lowest BCUT2D eigenvalue weighted by Gasteiger charge is -2.08. The van der Waals surface area contributed by atoms with Crippen molar-refractivity contribution in [2.24, 2.45) is 7.05 Å². The first kappa shape index (κ1) is 11.5. The number of anilines is 1. The number of aliphatic hydroxyl groups excluding tert-OH is 1. The van der Waals surface area contributed by atoms with Crippen molar-refractivity contribution >= 4 is 5.69 Å². The van der Waals surface area contributed by atoms with E-state index in [1.54, 1.807) is 17.9 Å². The Labute approximate surface area is 99.4 Å². The largest absolute Gasteiger partial charge is 0.436 e. The van der Waals surface area contributed by atoms with E-state index in [0.717, 1.165) is 5.56 Å². The van der Waals surface area contributed by atoms with Gasteiger partial charge in [-0.15, -0.1) is 5.10 Å². The lowest BCUT2D eigenvalue weighted by Crippen LogP contribution is -1.97. The maximum absolute atomic E-state index is 8.97. The number of benzene rings is 1. The first-order valence-electron chi connectivity index (χ1n) is 5.36. The van der Waals surface area contributed by atoms with Gasteiger partial charge in [0, 0.05) is 13.7 Å². The highest BCUT2D eigenvalue weighted by Crippen LogP contribution is 2.28. The van der Waals surface area contributed by atoms with Crippen LogP contribution in [0.4, 0.5) is 5.69 Å². The molecule has 0 bridgehead atoms. The Morgan fingerprint density at radius 1 is 1.41 bits per heavy atom. The topological polar surface area (TPSA) is 73.3 Å². The molecule has 90 valence electrons. The van der Waals surface area contributed by atoms with Gasteiger partial charge in [0.05, 0.1) is 6.20 Å². The molecular weight excluding hydrogens is 218 g/mol. The molecule has 2 aromatic rings. The summed E-state index contributed by atoms with van der Waals surface area (Å²) < 4.78 is 7.24. The second kappa shape index (κ2) is 4.88. The van der Waals surface area contributed by atoms with E-state index in [0.29, 0.717) is 23.7 Å². The summed E-state index contributed by atoms with van der Waals surface area (Å²) in [7, 11) is 1.78. The molecule has 3 N–H and O–H groups in total. The van der Waals surface area contributed by atoms with Crippen LogP contribution in [0.15, 0.2) is 30.5 Å². The van der Waals surface area contributed by atoms with Crippen LogP contribution in [-0.2, 0) is 13.5 Å². The maximum atomic E-state index is 8.97. The lowest BCUT2D eigenvalue weighted by atomic mass is 10.1. The third-order valence-electron chi connectivity index (χ3n) is 2.38. The number of aliphatic hydroxyl groups is 1. The first-order valence-corrected chi connectivity index (χ1v) is 5.36. The van der Waals surface area contributed by atoms with E-state index >= 15 is 0 Å². The van der Waals surface area contributed by atoms with E-state index in [-0.39, 0.29) is 6.61 Å². The summed E-state index contributed by atoms with van der Waals surface area (Å²) in [6.07, 6.45) is 2.23. The molecule has 0 aliphatic heterocycles. The maximum Gasteiger partial charge on any atom is 0.261 e. The molecule has 1 heterocycles. The van der Waals surface area contributed by atoms with Crippen LogP contribution < -0.4 is 10.5 Å². The van der Waals surface area contributed by atoms with Crippen molar-refractivity contribution in [2.75, 3.05) is 12.3 Å². The molecule has 0 radical (unpaired) electrons. The fraction of sp³-hybridized carbons (Fsp3) is 0.250. The van der Waals surface area contributed by atoms with Gasteiger partial charge in [-0.25, -0.2) is 0 Å². The Hall–Kier alpha value is -2.01. The second-order valence-electron chi connectivity index (χ2n) is 3.75. The SMILES string of the molecule is Cn1cc(N)c(Oc2ccccc2CCO)n1. The van der Waals surface area contributed by atoms with Gasteiger partial charge in [-0.05, 0) is 18.1 Å². The number of aryl methyl sites for hydroxylation is 1. The second-order valence-corrected chi connectivity index (χ2v) is 3.75. The summed E-state index contributed by atoms with van der Waals surface area (Å²) in [6.45, 7) is 0.0814. The highest BCUT2D eigenvalue weighted by atomic mass is 16.5. The molecule has 2 rings (SSSR count). The zero-order valence-corrected chi connectivity index (χ0v) is 9.63. The first-order chi connectivity index (χ1) is 8.20. The predicted molar refractivity (Wildman–Crippen MR) is 64.9 cm³/mol. The molecular formula is C12H15N3O2. The highest BCUT2D eigenvalue weighted by Gasteiger charge is 2.09. The number of aromatic nitrogens is 2. The van der Waals surface area contributed by atoms with Crippen molar-refractivity contribution < 1.29 is 9.84 Å². The number of hydrogen-bond donors (Lipinski definition) is 2. The average Bonchev–Trinajstić information content (AvgIpc) is 2.61. The summed E-state index contributed by atoms with van der Waals surface area (Å²) in [5.41, 5.74) is 7.18. The summed E-state index contributed by atoms with van der Waals surface area (Å²) >= 11 is 0. The molecule has 5 heteroatoms. The summed E-state index contributed by atoms with van der Waals surface area (Å²) in [5, 5.41) is 13.1. The van der Waals surface area contributed by atoms with Gasteiger partial charge in [-0.2, -0.15) is 0 Å². The minimum Gasteiger partial charge on any atom is -0.436 e. The number of nitrogen functional groups attached to an aromatic ring is 1. The van der Waals surface area contributed by atoms with Gasteiger partial charge >= 0.3 is 0 Å². The minimum atomic E-state index is 0.0814. The van der Waals surface area contributed by atoms with E-state index < -0.39 is 0 Å². The van der Waals surface area contributed by atoms with Crippen LogP contribution in [0, 0.1) is 0 Å². The molecule has 0 aliphatic carbocycles. The fourth-order valence-corrected chi connectivity index (χ4v) is 1.60. The molecule has 0 aliphatic rings. The van der Waals surface area contributed by atoms with Gasteiger partial charge in [-0.1, -0.05) is 18.2 Å². The molecule has 0 saturated carbocycles. The molecule has 17 heavy (non-hydrogen) atoms. The molecule has 5 nitrogen and oxygen atoms in total. The zero-order valence-electron chi connectivity index (χ0n) is 9.63. The molecule has 1 aromatic carbocycles. The van der Waals surface area contributed by atoms with Crippen molar-refractivity contribution in [3.8, 4) is 11.6 Å². The fourth-order valence-electron chi connectivity index (χ4n) is 1.60. The standard InChI is InChI=1S/C12H15N3O2/c1-15-8-10(13)12(14-15)17-11-5-3-2-4-9(11)6-7-16/h2-5,8,16H,6-7,13H2,1H3. The van der Waals surface area contributed by atoms with Crippen LogP contribution in [0.2, 0.25) is 0 Å².